The van der Waals surface area contributed by atoms with Gasteiger partial charge in [-0.2, -0.15) is 0 Å². The van der Waals surface area contributed by atoms with Crippen LogP contribution in [0.15, 0.2) is 35.2 Å². The van der Waals surface area contributed by atoms with Crippen LogP contribution in [0.3, 0.4) is 0 Å². The predicted octanol–water partition coefficient (Wildman–Crippen LogP) is 3.44. The molecule has 0 aliphatic heterocycles. The van der Waals surface area contributed by atoms with E-state index >= 15 is 0 Å². The Bertz CT molecular complexity index is 251. The maximum absolute atomic E-state index is 2.14. The largest absolute Gasteiger partial charge is 0.129 e. The second-order valence-electron chi connectivity index (χ2n) is 2.24. The van der Waals surface area contributed by atoms with E-state index in [0.29, 0.717) is 0 Å². The van der Waals surface area contributed by atoms with Crippen LogP contribution in [0, 0.1) is 0 Å². The molecule has 0 aliphatic rings. The van der Waals surface area contributed by atoms with Gasteiger partial charge in [0.15, 0.2) is 0 Å². The molecule has 0 aromatic heterocycles. The minimum atomic E-state index is 1.31. The van der Waals surface area contributed by atoms with Crippen LogP contribution in [0.4, 0.5) is 0 Å². The molecule has 1 aromatic carbocycles. The van der Waals surface area contributed by atoms with Crippen LogP contribution >= 0.6 is 11.8 Å². The van der Waals surface area contributed by atoms with Crippen molar-refractivity contribution in [1.82, 2.24) is 0 Å². The van der Waals surface area contributed by atoms with Gasteiger partial charge in [0.05, 0.1) is 0 Å². The molecule has 11 heavy (non-hydrogen) atoms. The normalized spacial score (nSPS) is 10.7. The molecule has 1 aromatic rings. The summed E-state index contributed by atoms with van der Waals surface area (Å²) in [4.78, 5) is 1.34. The van der Waals surface area contributed by atoms with Gasteiger partial charge in [-0.05, 0) is 24.8 Å². The van der Waals surface area contributed by atoms with Crippen molar-refractivity contribution in [3.05, 3.63) is 35.9 Å². The minimum absolute atomic E-state index is 1.31. The SMILES string of the molecule is CC=Cc1ccccc1SC. The summed E-state index contributed by atoms with van der Waals surface area (Å²) in [5, 5.41) is 0. The first-order valence-corrected chi connectivity index (χ1v) is 4.86. The average Bonchev–Trinajstić information content (AvgIpc) is 2.06. The van der Waals surface area contributed by atoms with Crippen molar-refractivity contribution in [2.75, 3.05) is 6.26 Å². The van der Waals surface area contributed by atoms with Crippen molar-refractivity contribution in [3.8, 4) is 0 Å². The molecule has 0 spiro atoms. The van der Waals surface area contributed by atoms with Gasteiger partial charge in [-0.3, -0.25) is 0 Å². The fourth-order valence-electron chi connectivity index (χ4n) is 0.984. The highest BCUT2D eigenvalue weighted by atomic mass is 32.2. The second kappa shape index (κ2) is 4.24. The van der Waals surface area contributed by atoms with E-state index in [-0.39, 0.29) is 0 Å². The van der Waals surface area contributed by atoms with E-state index in [1.807, 2.05) is 6.92 Å². The van der Waals surface area contributed by atoms with Gasteiger partial charge in [-0.15, -0.1) is 11.8 Å². The molecule has 0 atom stereocenters. The highest BCUT2D eigenvalue weighted by Gasteiger charge is 1.93. The van der Waals surface area contributed by atoms with Crippen LogP contribution < -0.4 is 0 Å². The molecule has 58 valence electrons. The molecule has 1 rings (SSSR count). The van der Waals surface area contributed by atoms with E-state index in [1.54, 1.807) is 11.8 Å². The Labute approximate surface area is 72.3 Å². The quantitative estimate of drug-likeness (QED) is 0.603. The first-order valence-electron chi connectivity index (χ1n) is 3.64. The molecule has 0 saturated carbocycles. The summed E-state index contributed by atoms with van der Waals surface area (Å²) in [6.45, 7) is 2.04. The van der Waals surface area contributed by atoms with E-state index < -0.39 is 0 Å². The lowest BCUT2D eigenvalue weighted by Crippen LogP contribution is -1.75. The zero-order chi connectivity index (χ0) is 8.10. The average molecular weight is 164 g/mol. The van der Waals surface area contributed by atoms with Crippen molar-refractivity contribution in [3.63, 3.8) is 0 Å². The van der Waals surface area contributed by atoms with Crippen molar-refractivity contribution in [2.45, 2.75) is 11.8 Å². The van der Waals surface area contributed by atoms with Crippen LogP contribution in [0.5, 0.6) is 0 Å². The number of hydrogen-bond donors (Lipinski definition) is 0. The molecule has 0 saturated heterocycles. The number of benzene rings is 1. The topological polar surface area (TPSA) is 0 Å². The molecule has 0 unspecified atom stereocenters. The lowest BCUT2D eigenvalue weighted by atomic mass is 10.2. The lowest BCUT2D eigenvalue weighted by Gasteiger charge is -1.99. The van der Waals surface area contributed by atoms with Gasteiger partial charge in [0.25, 0.3) is 0 Å². The Morgan fingerprint density at radius 1 is 1.27 bits per heavy atom. The van der Waals surface area contributed by atoms with Crippen molar-refractivity contribution >= 4 is 17.8 Å². The summed E-state index contributed by atoms with van der Waals surface area (Å²) in [5.41, 5.74) is 1.31. The van der Waals surface area contributed by atoms with Crippen LogP contribution in [0.2, 0.25) is 0 Å². The third kappa shape index (κ3) is 2.12. The molecule has 0 heterocycles. The van der Waals surface area contributed by atoms with Gasteiger partial charge >= 0.3 is 0 Å². The minimum Gasteiger partial charge on any atom is -0.129 e. The Hall–Kier alpha value is -0.690. The van der Waals surface area contributed by atoms with Gasteiger partial charge in [-0.25, -0.2) is 0 Å². The molecule has 0 nitrogen and oxygen atoms in total. The summed E-state index contributed by atoms with van der Waals surface area (Å²) in [5.74, 6) is 0. The van der Waals surface area contributed by atoms with Crippen molar-refractivity contribution in [1.29, 1.82) is 0 Å². The molecule has 0 amide bonds. The molecule has 1 heteroatoms. The molecular formula is C10H12S. The predicted molar refractivity (Wildman–Crippen MR) is 52.9 cm³/mol. The van der Waals surface area contributed by atoms with Gasteiger partial charge in [0, 0.05) is 4.90 Å². The monoisotopic (exact) mass is 164 g/mol. The summed E-state index contributed by atoms with van der Waals surface area (Å²) in [6, 6.07) is 8.40. The van der Waals surface area contributed by atoms with E-state index in [0.717, 1.165) is 0 Å². The van der Waals surface area contributed by atoms with Gasteiger partial charge in [0.1, 0.15) is 0 Å². The fourth-order valence-corrected chi connectivity index (χ4v) is 1.57. The van der Waals surface area contributed by atoms with E-state index in [2.05, 4.69) is 42.7 Å². The first-order chi connectivity index (χ1) is 5.38. The molecule has 0 bridgehead atoms. The van der Waals surface area contributed by atoms with E-state index in [4.69, 9.17) is 0 Å². The van der Waals surface area contributed by atoms with Crippen LogP contribution in [-0.4, -0.2) is 6.26 Å². The lowest BCUT2D eigenvalue weighted by molar-refractivity contribution is 1.42. The molecular weight excluding hydrogens is 152 g/mol. The van der Waals surface area contributed by atoms with Crippen molar-refractivity contribution in [2.24, 2.45) is 0 Å². The number of thioether (sulfide) groups is 1. The third-order valence-corrected chi connectivity index (χ3v) is 2.30. The summed E-state index contributed by atoms with van der Waals surface area (Å²) < 4.78 is 0. The van der Waals surface area contributed by atoms with Gasteiger partial charge in [-0.1, -0.05) is 30.4 Å². The second-order valence-corrected chi connectivity index (χ2v) is 3.09. The Balaban J connectivity index is 3.02. The number of rotatable bonds is 2. The molecule has 0 aliphatic carbocycles. The summed E-state index contributed by atoms with van der Waals surface area (Å²) in [7, 11) is 0. The molecule has 0 fully saturated rings. The molecule has 0 radical (unpaired) electrons. The first kappa shape index (κ1) is 8.41. The Kier molecular flexibility index (Phi) is 3.24. The van der Waals surface area contributed by atoms with Crippen LogP contribution in [-0.2, 0) is 0 Å². The smallest absolute Gasteiger partial charge is 0.0141 e. The maximum Gasteiger partial charge on any atom is 0.0141 e. The van der Waals surface area contributed by atoms with Crippen molar-refractivity contribution < 1.29 is 0 Å². The van der Waals surface area contributed by atoms with Crippen LogP contribution in [0.25, 0.3) is 6.08 Å². The van der Waals surface area contributed by atoms with Gasteiger partial charge < -0.3 is 0 Å². The zero-order valence-electron chi connectivity index (χ0n) is 6.87. The Morgan fingerprint density at radius 2 is 2.00 bits per heavy atom. The summed E-state index contributed by atoms with van der Waals surface area (Å²) >= 11 is 1.78. The standard InChI is InChI=1S/C10H12S/c1-3-6-9-7-4-5-8-10(9)11-2/h3-8H,1-2H3. The zero-order valence-corrected chi connectivity index (χ0v) is 7.69. The highest BCUT2D eigenvalue weighted by molar-refractivity contribution is 7.98. The number of allylic oxidation sites excluding steroid dienone is 1. The fraction of sp³-hybridized carbons (Fsp3) is 0.200. The highest BCUT2D eigenvalue weighted by Crippen LogP contribution is 2.20. The van der Waals surface area contributed by atoms with Crippen LogP contribution in [0.1, 0.15) is 12.5 Å². The molecule has 0 N–H and O–H groups in total. The van der Waals surface area contributed by atoms with Gasteiger partial charge in [0.2, 0.25) is 0 Å². The van der Waals surface area contributed by atoms with E-state index in [1.165, 1.54) is 10.5 Å². The number of hydrogen-bond acceptors (Lipinski definition) is 1. The third-order valence-electron chi connectivity index (χ3n) is 1.49. The Morgan fingerprint density at radius 3 is 2.64 bits per heavy atom. The van der Waals surface area contributed by atoms with E-state index in [9.17, 15) is 0 Å². The maximum atomic E-state index is 2.14. The summed E-state index contributed by atoms with van der Waals surface area (Å²) in [6.07, 6.45) is 6.29.